The maximum atomic E-state index is 10.4. The van der Waals surface area contributed by atoms with E-state index < -0.39 is 11.9 Å². The maximum absolute atomic E-state index is 10.4. The topological polar surface area (TPSA) is 75.4 Å². The first-order valence-electron chi connectivity index (χ1n) is 2.92. The minimum absolute atomic E-state index is 0.517. The number of nitrogens with one attached hydrogen (secondary N) is 1. The fourth-order valence-electron chi connectivity index (χ4n) is 0.525. The van der Waals surface area contributed by atoms with Gasteiger partial charge in [0.15, 0.2) is 0 Å². The number of carbonyl (C=O) groups excluding carboxylic acids is 1. The van der Waals surface area contributed by atoms with E-state index in [0.29, 0.717) is 6.42 Å². The maximum Gasteiger partial charge on any atom is 0.260 e. The zero-order chi connectivity index (χ0) is 7.28. The molecular weight excluding hydrogens is 120 g/mol. The van der Waals surface area contributed by atoms with Gasteiger partial charge in [0.2, 0.25) is 0 Å². The summed E-state index contributed by atoms with van der Waals surface area (Å²) in [4.78, 5) is 10.4. The van der Waals surface area contributed by atoms with Crippen molar-refractivity contribution >= 4 is 5.91 Å². The highest BCUT2D eigenvalue weighted by atomic mass is 16.5. The SMILES string of the molecule is CCC[C@@H](N)C(=O)NO. The second-order valence-corrected chi connectivity index (χ2v) is 1.87. The summed E-state index contributed by atoms with van der Waals surface area (Å²) in [6.07, 6.45) is 1.45. The van der Waals surface area contributed by atoms with Gasteiger partial charge in [0.05, 0.1) is 6.04 Å². The predicted octanol–water partition coefficient (Wildman–Crippen LogP) is -0.381. The van der Waals surface area contributed by atoms with Crippen LogP contribution in [0.15, 0.2) is 0 Å². The first-order valence-corrected chi connectivity index (χ1v) is 2.92. The Morgan fingerprint density at radius 1 is 1.89 bits per heavy atom. The molecule has 0 saturated heterocycles. The first kappa shape index (κ1) is 8.39. The molecule has 0 saturated carbocycles. The highest BCUT2D eigenvalue weighted by Gasteiger charge is 2.09. The number of hydrogen-bond acceptors (Lipinski definition) is 3. The van der Waals surface area contributed by atoms with Gasteiger partial charge in [0, 0.05) is 0 Å². The number of amides is 1. The van der Waals surface area contributed by atoms with Crippen LogP contribution in [0, 0.1) is 0 Å². The van der Waals surface area contributed by atoms with Gasteiger partial charge in [-0.15, -0.1) is 0 Å². The summed E-state index contributed by atoms with van der Waals surface area (Å²) in [5.41, 5.74) is 6.75. The average Bonchev–Trinajstić information content (AvgIpc) is 1.87. The lowest BCUT2D eigenvalue weighted by molar-refractivity contribution is -0.130. The van der Waals surface area contributed by atoms with Crippen LogP contribution in [0.1, 0.15) is 19.8 Å². The van der Waals surface area contributed by atoms with Crippen LogP contribution in [-0.2, 0) is 4.79 Å². The molecular formula is C5H12N2O2. The summed E-state index contributed by atoms with van der Waals surface area (Å²) in [6.45, 7) is 1.92. The normalized spacial score (nSPS) is 12.8. The van der Waals surface area contributed by atoms with Crippen LogP contribution in [0.2, 0.25) is 0 Å². The molecule has 4 nitrogen and oxygen atoms in total. The largest absolute Gasteiger partial charge is 0.320 e. The zero-order valence-electron chi connectivity index (χ0n) is 5.42. The van der Waals surface area contributed by atoms with Crippen molar-refractivity contribution in [1.82, 2.24) is 5.48 Å². The smallest absolute Gasteiger partial charge is 0.260 e. The quantitative estimate of drug-likeness (QED) is 0.362. The third-order valence-electron chi connectivity index (χ3n) is 1.05. The van der Waals surface area contributed by atoms with Crippen molar-refractivity contribution in [2.24, 2.45) is 5.73 Å². The van der Waals surface area contributed by atoms with Crippen LogP contribution in [0.5, 0.6) is 0 Å². The minimum atomic E-state index is -0.569. The van der Waals surface area contributed by atoms with Gasteiger partial charge in [-0.1, -0.05) is 13.3 Å². The van der Waals surface area contributed by atoms with Crippen LogP contribution >= 0.6 is 0 Å². The molecule has 0 radical (unpaired) electrons. The second kappa shape index (κ2) is 4.29. The second-order valence-electron chi connectivity index (χ2n) is 1.87. The van der Waals surface area contributed by atoms with E-state index in [4.69, 9.17) is 10.9 Å². The van der Waals surface area contributed by atoms with Gasteiger partial charge >= 0.3 is 0 Å². The van der Waals surface area contributed by atoms with E-state index in [1.165, 1.54) is 5.48 Å². The fourth-order valence-corrected chi connectivity index (χ4v) is 0.525. The molecule has 0 aromatic carbocycles. The van der Waals surface area contributed by atoms with Gasteiger partial charge in [-0.2, -0.15) is 0 Å². The Labute approximate surface area is 54.0 Å². The molecule has 9 heavy (non-hydrogen) atoms. The van der Waals surface area contributed by atoms with Crippen molar-refractivity contribution in [2.75, 3.05) is 0 Å². The molecule has 0 rings (SSSR count). The molecule has 0 aliphatic heterocycles. The van der Waals surface area contributed by atoms with E-state index in [0.717, 1.165) is 6.42 Å². The van der Waals surface area contributed by atoms with Crippen LogP contribution in [0.4, 0.5) is 0 Å². The lowest BCUT2D eigenvalue weighted by Crippen LogP contribution is -2.38. The monoisotopic (exact) mass is 132 g/mol. The Hall–Kier alpha value is -0.610. The molecule has 0 fully saturated rings. The van der Waals surface area contributed by atoms with Crippen molar-refractivity contribution in [2.45, 2.75) is 25.8 Å². The summed E-state index contributed by atoms with van der Waals surface area (Å²) < 4.78 is 0. The van der Waals surface area contributed by atoms with Crippen molar-refractivity contribution in [1.29, 1.82) is 0 Å². The number of nitrogens with two attached hydrogens (primary N) is 1. The molecule has 0 aromatic heterocycles. The lowest BCUT2D eigenvalue weighted by atomic mass is 10.2. The molecule has 0 aliphatic rings. The van der Waals surface area contributed by atoms with Crippen molar-refractivity contribution in [3.05, 3.63) is 0 Å². The molecule has 1 atom stereocenters. The van der Waals surface area contributed by atoms with Gasteiger partial charge in [-0.05, 0) is 6.42 Å². The van der Waals surface area contributed by atoms with E-state index in [1.54, 1.807) is 0 Å². The van der Waals surface area contributed by atoms with E-state index in [-0.39, 0.29) is 0 Å². The molecule has 0 heterocycles. The first-order chi connectivity index (χ1) is 4.22. The Kier molecular flexibility index (Phi) is 4.00. The van der Waals surface area contributed by atoms with E-state index in [1.807, 2.05) is 6.92 Å². The third kappa shape index (κ3) is 3.05. The number of hydrogen-bond donors (Lipinski definition) is 3. The summed E-state index contributed by atoms with van der Waals surface area (Å²) in [7, 11) is 0. The van der Waals surface area contributed by atoms with Crippen LogP contribution in [0.3, 0.4) is 0 Å². The molecule has 4 heteroatoms. The van der Waals surface area contributed by atoms with Gasteiger partial charge in [0.25, 0.3) is 5.91 Å². The summed E-state index contributed by atoms with van der Waals surface area (Å²) in [5.74, 6) is -0.517. The van der Waals surface area contributed by atoms with E-state index >= 15 is 0 Å². The molecule has 0 unspecified atom stereocenters. The number of rotatable bonds is 3. The van der Waals surface area contributed by atoms with E-state index in [2.05, 4.69) is 0 Å². The molecule has 0 spiro atoms. The Morgan fingerprint density at radius 2 is 2.44 bits per heavy atom. The molecule has 54 valence electrons. The van der Waals surface area contributed by atoms with Crippen molar-refractivity contribution in [3.8, 4) is 0 Å². The summed E-state index contributed by atoms with van der Waals surface area (Å²) in [5, 5.41) is 8.05. The molecule has 1 amide bonds. The Bertz CT molecular complexity index is 95.0. The molecule has 0 aromatic rings. The molecule has 4 N–H and O–H groups in total. The van der Waals surface area contributed by atoms with Gasteiger partial charge in [-0.25, -0.2) is 5.48 Å². The van der Waals surface area contributed by atoms with Crippen molar-refractivity contribution < 1.29 is 10.0 Å². The van der Waals surface area contributed by atoms with Crippen LogP contribution < -0.4 is 11.2 Å². The van der Waals surface area contributed by atoms with Gasteiger partial charge < -0.3 is 5.73 Å². The Balaban J connectivity index is 3.45. The standard InChI is InChI=1S/C5H12N2O2/c1-2-3-4(6)5(8)7-9/h4,9H,2-3,6H2,1H3,(H,7,8)/t4-/m1/s1. The lowest BCUT2D eigenvalue weighted by Gasteiger charge is -2.05. The van der Waals surface area contributed by atoms with Gasteiger partial charge in [-0.3, -0.25) is 10.0 Å². The predicted molar refractivity (Wildman–Crippen MR) is 32.8 cm³/mol. The summed E-state index contributed by atoms with van der Waals surface area (Å²) in [6, 6.07) is -0.569. The van der Waals surface area contributed by atoms with Crippen LogP contribution in [-0.4, -0.2) is 17.2 Å². The van der Waals surface area contributed by atoms with Crippen molar-refractivity contribution in [3.63, 3.8) is 0 Å². The molecule has 0 aliphatic carbocycles. The molecule has 0 bridgehead atoms. The third-order valence-corrected chi connectivity index (χ3v) is 1.05. The highest BCUT2D eigenvalue weighted by molar-refractivity contribution is 5.80. The van der Waals surface area contributed by atoms with Gasteiger partial charge in [0.1, 0.15) is 0 Å². The Morgan fingerprint density at radius 3 is 2.78 bits per heavy atom. The minimum Gasteiger partial charge on any atom is -0.320 e. The number of carbonyl (C=O) groups is 1. The number of hydroxylamine groups is 1. The van der Waals surface area contributed by atoms with Crippen LogP contribution in [0.25, 0.3) is 0 Å². The highest BCUT2D eigenvalue weighted by Crippen LogP contribution is 1.91. The summed E-state index contributed by atoms with van der Waals surface area (Å²) >= 11 is 0. The van der Waals surface area contributed by atoms with E-state index in [9.17, 15) is 4.79 Å². The fraction of sp³-hybridized carbons (Fsp3) is 0.800. The zero-order valence-corrected chi connectivity index (χ0v) is 5.42. The average molecular weight is 132 g/mol.